The lowest BCUT2D eigenvalue weighted by atomic mass is 9.43. The Hall–Kier alpha value is -2.97. The standard InChI is InChI=1S/C50H83BN4O8/c1-9-10-11-12-13-14-19-36-22-23-39(32(2)26-36)41(57)29-37(20-15-17-24-52)48(61)55-46(35(5)56)43(59)27-33(3)47(60)54-40(21-16-18-25-53)42(58)28-34(4)51-62-45-31-38-30-44(49(38,6)7)50(45,8)63-51/h22-23,26,33-35,37-38,40,44-46,56H,9-21,24-25,27-31,52-53H2,1-8H3,(H,54,60)(H,55,61)/t33-,34-,35-,37-,38+,40+,44+,45-,46+,50+/m1/s1. The van der Waals surface area contributed by atoms with Crippen molar-refractivity contribution in [2.24, 2.45) is 40.6 Å². The summed E-state index contributed by atoms with van der Waals surface area (Å²) in [6.07, 6.45) is 12.3. The van der Waals surface area contributed by atoms with E-state index in [-0.39, 0.29) is 53.8 Å². The molecule has 10 atom stereocenters. The topological polar surface area (TPSA) is 200 Å². The van der Waals surface area contributed by atoms with E-state index in [9.17, 15) is 29.1 Å². The van der Waals surface area contributed by atoms with E-state index in [4.69, 9.17) is 20.8 Å². The van der Waals surface area contributed by atoms with Gasteiger partial charge in [-0.3, -0.25) is 24.0 Å². The summed E-state index contributed by atoms with van der Waals surface area (Å²) in [6.45, 7) is 16.8. The Balaban J connectivity index is 1.34. The molecule has 3 aliphatic carbocycles. The molecule has 0 spiro atoms. The number of carbonyl (C=O) groups is 5. The number of amides is 2. The van der Waals surface area contributed by atoms with Crippen LogP contribution in [0.5, 0.6) is 0 Å². The van der Waals surface area contributed by atoms with Crippen molar-refractivity contribution < 1.29 is 38.4 Å². The lowest BCUT2D eigenvalue weighted by Crippen LogP contribution is -2.65. The van der Waals surface area contributed by atoms with Crippen LogP contribution >= 0.6 is 0 Å². The smallest absolute Gasteiger partial charge is 0.405 e. The van der Waals surface area contributed by atoms with E-state index >= 15 is 0 Å². The fourth-order valence-electron chi connectivity index (χ4n) is 10.6. The first kappa shape index (κ1) is 52.7. The minimum atomic E-state index is -1.29. The molecule has 354 valence electrons. The van der Waals surface area contributed by atoms with E-state index in [0.717, 1.165) is 31.2 Å². The zero-order valence-corrected chi connectivity index (χ0v) is 40.1. The second kappa shape index (κ2) is 24.5. The van der Waals surface area contributed by atoms with Gasteiger partial charge in [0.05, 0.1) is 23.9 Å². The first-order valence-corrected chi connectivity index (χ1v) is 24.6. The SMILES string of the molecule is CCCCCCCCc1ccc(C(=O)C[C@@H](CCCCN)C(=O)N[C@H](C(=O)C[C@@H](C)C(=O)N[C@@H](CCCCN)C(=O)C[C@@H](C)B2O[C@@H]3C[C@@H]4C[C@@H](C4(C)C)[C@]3(C)O2)[C@@H](C)O)c(C)c1. The van der Waals surface area contributed by atoms with Crippen molar-refractivity contribution in [3.63, 3.8) is 0 Å². The molecule has 13 heteroatoms. The normalized spacial score (nSPS) is 24.0. The summed E-state index contributed by atoms with van der Waals surface area (Å²) in [5, 5.41) is 16.4. The zero-order valence-electron chi connectivity index (χ0n) is 40.1. The van der Waals surface area contributed by atoms with Crippen molar-refractivity contribution >= 4 is 36.3 Å². The second-order valence-electron chi connectivity index (χ2n) is 20.4. The molecule has 12 nitrogen and oxygen atoms in total. The van der Waals surface area contributed by atoms with Gasteiger partial charge >= 0.3 is 7.12 Å². The number of ketones is 3. The van der Waals surface area contributed by atoms with Crippen molar-refractivity contribution in [3.8, 4) is 0 Å². The molecule has 1 aliphatic heterocycles. The van der Waals surface area contributed by atoms with E-state index < -0.39 is 54.7 Å². The number of aliphatic hydroxyl groups is 1. The Morgan fingerprint density at radius 3 is 2.13 bits per heavy atom. The number of unbranched alkanes of at least 4 members (excludes halogenated alkanes) is 7. The number of rotatable bonds is 30. The summed E-state index contributed by atoms with van der Waals surface area (Å²) >= 11 is 0. The highest BCUT2D eigenvalue weighted by atomic mass is 16.7. The van der Waals surface area contributed by atoms with Gasteiger partial charge in [0.2, 0.25) is 11.8 Å². The maximum atomic E-state index is 13.9. The van der Waals surface area contributed by atoms with Gasteiger partial charge in [0.25, 0.3) is 0 Å². The monoisotopic (exact) mass is 879 g/mol. The highest BCUT2D eigenvalue weighted by molar-refractivity contribution is 6.47. The number of nitrogens with two attached hydrogens (primary N) is 2. The fourth-order valence-corrected chi connectivity index (χ4v) is 10.6. The lowest BCUT2D eigenvalue weighted by Gasteiger charge is -2.64. The van der Waals surface area contributed by atoms with Crippen LogP contribution in [0.15, 0.2) is 18.2 Å². The Kier molecular flexibility index (Phi) is 20.5. The first-order valence-electron chi connectivity index (χ1n) is 24.6. The fraction of sp³-hybridized carbons (Fsp3) is 0.780. The number of carbonyl (C=O) groups excluding carboxylic acids is 5. The molecule has 2 bridgehead atoms. The van der Waals surface area contributed by atoms with Gasteiger partial charge in [-0.1, -0.05) is 91.3 Å². The van der Waals surface area contributed by atoms with Crippen LogP contribution in [0.2, 0.25) is 5.82 Å². The number of aryl methyl sites for hydroxylation is 2. The molecule has 1 aromatic carbocycles. The first-order chi connectivity index (χ1) is 29.9. The van der Waals surface area contributed by atoms with E-state index in [2.05, 4.69) is 44.4 Å². The zero-order chi connectivity index (χ0) is 46.5. The lowest BCUT2D eigenvalue weighted by molar-refractivity contribution is -0.199. The highest BCUT2D eigenvalue weighted by Gasteiger charge is 2.68. The number of benzene rings is 1. The maximum Gasteiger partial charge on any atom is 0.461 e. The molecule has 1 aromatic rings. The van der Waals surface area contributed by atoms with Crippen LogP contribution in [0.1, 0.15) is 179 Å². The molecule has 5 rings (SSSR count). The number of Topliss-reactive ketones (excluding diaryl/α,β-unsaturated/α-hetero) is 3. The maximum absolute atomic E-state index is 13.9. The second-order valence-corrected chi connectivity index (χ2v) is 20.4. The summed E-state index contributed by atoms with van der Waals surface area (Å²) in [5.74, 6) is -2.59. The van der Waals surface area contributed by atoms with Gasteiger partial charge in [-0.05, 0) is 126 Å². The van der Waals surface area contributed by atoms with Gasteiger partial charge in [-0.2, -0.15) is 0 Å². The quantitative estimate of drug-likeness (QED) is 0.0295. The van der Waals surface area contributed by atoms with Gasteiger partial charge in [0.15, 0.2) is 17.3 Å². The van der Waals surface area contributed by atoms with Gasteiger partial charge in [-0.25, -0.2) is 0 Å². The molecule has 4 fully saturated rings. The van der Waals surface area contributed by atoms with Gasteiger partial charge in [0, 0.05) is 36.7 Å². The molecular formula is C50H83BN4O8. The molecule has 0 radical (unpaired) electrons. The van der Waals surface area contributed by atoms with E-state index in [1.165, 1.54) is 44.6 Å². The van der Waals surface area contributed by atoms with Crippen molar-refractivity contribution in [2.75, 3.05) is 13.1 Å². The summed E-state index contributed by atoms with van der Waals surface area (Å²) in [4.78, 5) is 68.9. The number of aliphatic hydroxyl groups excluding tert-OH is 1. The summed E-state index contributed by atoms with van der Waals surface area (Å²) < 4.78 is 13.1. The molecule has 2 amide bonds. The Morgan fingerprint density at radius 2 is 1.49 bits per heavy atom. The summed E-state index contributed by atoms with van der Waals surface area (Å²) in [6, 6.07) is 3.85. The number of nitrogens with one attached hydrogen (secondary N) is 2. The minimum Gasteiger partial charge on any atom is -0.405 e. The van der Waals surface area contributed by atoms with Crippen LogP contribution in [0.25, 0.3) is 0 Å². The Labute approximate surface area is 379 Å². The van der Waals surface area contributed by atoms with Crippen LogP contribution < -0.4 is 22.1 Å². The predicted octanol–water partition coefficient (Wildman–Crippen LogP) is 7.37. The summed E-state index contributed by atoms with van der Waals surface area (Å²) in [5.41, 5.74) is 14.0. The molecule has 7 N–H and O–H groups in total. The molecular weight excluding hydrogens is 795 g/mol. The Bertz CT molecular complexity index is 1690. The van der Waals surface area contributed by atoms with Crippen molar-refractivity contribution in [3.05, 3.63) is 34.9 Å². The van der Waals surface area contributed by atoms with Crippen LogP contribution in [0.4, 0.5) is 0 Å². The minimum absolute atomic E-state index is 0.00153. The third-order valence-corrected chi connectivity index (χ3v) is 14.9. The third-order valence-electron chi connectivity index (χ3n) is 14.9. The van der Waals surface area contributed by atoms with Crippen LogP contribution in [0, 0.1) is 36.0 Å². The van der Waals surface area contributed by atoms with E-state index in [1.54, 1.807) is 6.92 Å². The van der Waals surface area contributed by atoms with Gasteiger partial charge in [-0.15, -0.1) is 0 Å². The molecule has 0 unspecified atom stereocenters. The van der Waals surface area contributed by atoms with E-state index in [1.807, 2.05) is 26.0 Å². The van der Waals surface area contributed by atoms with Crippen molar-refractivity contribution in [1.82, 2.24) is 10.6 Å². The highest BCUT2D eigenvalue weighted by Crippen LogP contribution is 2.66. The van der Waals surface area contributed by atoms with Crippen molar-refractivity contribution in [2.45, 2.75) is 207 Å². The Morgan fingerprint density at radius 1 is 0.825 bits per heavy atom. The van der Waals surface area contributed by atoms with Crippen molar-refractivity contribution in [1.29, 1.82) is 0 Å². The number of hydrogen-bond donors (Lipinski definition) is 5. The molecule has 4 aliphatic rings. The average Bonchev–Trinajstić information content (AvgIpc) is 3.60. The van der Waals surface area contributed by atoms with Gasteiger partial charge in [0.1, 0.15) is 6.04 Å². The third kappa shape index (κ3) is 14.0. The summed E-state index contributed by atoms with van der Waals surface area (Å²) in [7, 11) is -0.516. The largest absolute Gasteiger partial charge is 0.461 e. The van der Waals surface area contributed by atoms with Gasteiger partial charge < -0.3 is 36.5 Å². The molecule has 0 aromatic heterocycles. The van der Waals surface area contributed by atoms with Crippen LogP contribution in [0.3, 0.4) is 0 Å². The molecule has 1 saturated heterocycles. The predicted molar refractivity (Wildman–Crippen MR) is 250 cm³/mol. The van der Waals surface area contributed by atoms with Crippen LogP contribution in [-0.4, -0.2) is 84.4 Å². The van der Waals surface area contributed by atoms with Crippen LogP contribution in [-0.2, 0) is 34.9 Å². The van der Waals surface area contributed by atoms with E-state index in [0.29, 0.717) is 69.0 Å². The molecule has 63 heavy (non-hydrogen) atoms. The molecule has 1 heterocycles. The number of hydrogen-bond acceptors (Lipinski definition) is 10. The molecule has 3 saturated carbocycles. The average molecular weight is 879 g/mol.